The number of Topliss-reactive ketones (excluding diaryl/α,β-unsaturated/α-hetero) is 1. The van der Waals surface area contributed by atoms with Gasteiger partial charge in [-0.1, -0.05) is 52.7 Å². The number of rotatable bonds is 6. The molecule has 8 atom stereocenters. The van der Waals surface area contributed by atoms with Gasteiger partial charge in [0.05, 0.1) is 0 Å². The minimum absolute atomic E-state index is 0.210. The third-order valence-corrected chi connectivity index (χ3v) is 10.3. The topological polar surface area (TPSA) is 34.1 Å². The fourth-order valence-electron chi connectivity index (χ4n) is 8.12. The second-order valence-corrected chi connectivity index (χ2v) is 11.8. The van der Waals surface area contributed by atoms with E-state index in [4.69, 9.17) is 0 Å². The lowest BCUT2D eigenvalue weighted by Gasteiger charge is -2.56. The molecule has 0 aromatic carbocycles. The molecule has 0 heterocycles. The van der Waals surface area contributed by atoms with Crippen LogP contribution in [0.5, 0.6) is 0 Å². The number of ketones is 2. The number of hydrogen-bond donors (Lipinski definition) is 0. The van der Waals surface area contributed by atoms with Gasteiger partial charge in [0, 0.05) is 12.3 Å². The highest BCUT2D eigenvalue weighted by atomic mass is 16.1. The van der Waals surface area contributed by atoms with Gasteiger partial charge in [-0.25, -0.2) is 0 Å². The van der Waals surface area contributed by atoms with E-state index in [1.54, 1.807) is 6.92 Å². The Kier molecular flexibility index (Phi) is 5.92. The van der Waals surface area contributed by atoms with Crippen molar-refractivity contribution in [3.05, 3.63) is 23.8 Å². The van der Waals surface area contributed by atoms with Gasteiger partial charge in [-0.05, 0) is 97.5 Å². The van der Waals surface area contributed by atoms with Crippen LogP contribution in [0, 0.1) is 46.3 Å². The summed E-state index contributed by atoms with van der Waals surface area (Å²) >= 11 is 0. The first kappa shape index (κ1) is 22.0. The molecule has 166 valence electrons. The Morgan fingerprint density at radius 2 is 1.87 bits per heavy atom. The highest BCUT2D eigenvalue weighted by Crippen LogP contribution is 2.66. The molecule has 0 amide bonds. The van der Waals surface area contributed by atoms with Crippen molar-refractivity contribution in [2.75, 3.05) is 0 Å². The average Bonchev–Trinajstić information content (AvgIpc) is 3.05. The Bertz CT molecular complexity index is 761. The van der Waals surface area contributed by atoms with Gasteiger partial charge in [-0.2, -0.15) is 0 Å². The molecule has 0 N–H and O–H groups in total. The lowest BCUT2D eigenvalue weighted by molar-refractivity contribution is -0.120. The smallest absolute Gasteiger partial charge is 0.156 e. The third-order valence-electron chi connectivity index (χ3n) is 10.3. The minimum atomic E-state index is 0.210. The van der Waals surface area contributed by atoms with Crippen LogP contribution in [0.15, 0.2) is 23.8 Å². The van der Waals surface area contributed by atoms with E-state index in [1.807, 2.05) is 6.08 Å². The number of allylic oxidation sites excluding steroid dienone is 4. The van der Waals surface area contributed by atoms with Crippen LogP contribution in [0.2, 0.25) is 0 Å². The highest BCUT2D eigenvalue weighted by molar-refractivity contribution is 5.92. The predicted molar refractivity (Wildman–Crippen MR) is 123 cm³/mol. The Morgan fingerprint density at radius 3 is 2.60 bits per heavy atom. The quantitative estimate of drug-likeness (QED) is 0.475. The molecule has 4 unspecified atom stereocenters. The molecule has 0 saturated heterocycles. The minimum Gasteiger partial charge on any atom is -0.300 e. The summed E-state index contributed by atoms with van der Waals surface area (Å²) in [5, 5.41) is 0. The summed E-state index contributed by atoms with van der Waals surface area (Å²) in [5.74, 6) is 4.65. The molecule has 2 fully saturated rings. The zero-order valence-corrected chi connectivity index (χ0v) is 19.9. The number of fused-ring (bicyclic) bond motifs is 5. The van der Waals surface area contributed by atoms with Crippen LogP contribution in [-0.2, 0) is 9.59 Å². The molecule has 0 radical (unpaired) electrons. The first-order valence-electron chi connectivity index (χ1n) is 12.6. The van der Waals surface area contributed by atoms with Crippen molar-refractivity contribution < 1.29 is 9.59 Å². The summed E-state index contributed by atoms with van der Waals surface area (Å²) in [6, 6.07) is 0. The molecule has 0 aliphatic heterocycles. The molecule has 0 spiro atoms. The average molecular weight is 411 g/mol. The summed E-state index contributed by atoms with van der Waals surface area (Å²) in [6.07, 6.45) is 17.5. The molecule has 2 heteroatoms. The molecule has 0 bridgehead atoms. The third kappa shape index (κ3) is 3.56. The first-order chi connectivity index (χ1) is 14.2. The van der Waals surface area contributed by atoms with E-state index in [1.165, 1.54) is 44.1 Å². The maximum Gasteiger partial charge on any atom is 0.156 e. The van der Waals surface area contributed by atoms with E-state index in [0.717, 1.165) is 37.0 Å². The summed E-state index contributed by atoms with van der Waals surface area (Å²) in [5.41, 5.74) is 1.98. The van der Waals surface area contributed by atoms with Crippen molar-refractivity contribution in [2.45, 2.75) is 92.4 Å². The zero-order chi connectivity index (χ0) is 21.7. The maximum absolute atomic E-state index is 12.0. The van der Waals surface area contributed by atoms with Crippen LogP contribution in [0.3, 0.4) is 0 Å². The van der Waals surface area contributed by atoms with E-state index >= 15 is 0 Å². The van der Waals surface area contributed by atoms with E-state index in [9.17, 15) is 9.59 Å². The van der Waals surface area contributed by atoms with Crippen molar-refractivity contribution in [3.63, 3.8) is 0 Å². The molecule has 4 aliphatic rings. The first-order valence-corrected chi connectivity index (χ1v) is 12.6. The van der Waals surface area contributed by atoms with Crippen LogP contribution in [-0.4, -0.2) is 11.6 Å². The molecular formula is C28H42O2. The standard InChI is InChI=1S/C28H42O2/c1-18(20(3)29)7-6-8-19(2)24-11-12-25-23-10-9-21-17-22(30)13-15-27(21,4)26(23)14-16-28(24,25)5/h9-10,17-19,23-26H,6-8,11-16H2,1-5H3/t18-,19?,23?,24+,25?,26?,27-,28+/m0/s1. The van der Waals surface area contributed by atoms with Gasteiger partial charge in [0.2, 0.25) is 0 Å². The lowest BCUT2D eigenvalue weighted by atomic mass is 9.48. The second-order valence-electron chi connectivity index (χ2n) is 11.8. The van der Waals surface area contributed by atoms with Gasteiger partial charge in [-0.3, -0.25) is 9.59 Å². The van der Waals surface area contributed by atoms with Gasteiger partial charge in [0.25, 0.3) is 0 Å². The second kappa shape index (κ2) is 8.06. The fourth-order valence-corrected chi connectivity index (χ4v) is 8.12. The molecule has 0 aromatic rings. The lowest BCUT2D eigenvalue weighted by Crippen LogP contribution is -2.49. The summed E-state index contributed by atoms with van der Waals surface area (Å²) in [6.45, 7) is 11.3. The van der Waals surface area contributed by atoms with E-state index in [0.29, 0.717) is 28.8 Å². The summed E-state index contributed by atoms with van der Waals surface area (Å²) in [7, 11) is 0. The van der Waals surface area contributed by atoms with E-state index < -0.39 is 0 Å². The Balaban J connectivity index is 1.47. The monoisotopic (exact) mass is 410 g/mol. The Labute approximate surface area is 184 Å². The van der Waals surface area contributed by atoms with Crippen LogP contribution in [0.25, 0.3) is 0 Å². The summed E-state index contributed by atoms with van der Waals surface area (Å²) in [4.78, 5) is 23.6. The molecule has 30 heavy (non-hydrogen) atoms. The van der Waals surface area contributed by atoms with E-state index in [2.05, 4.69) is 39.8 Å². The normalized spacial score (nSPS) is 42.0. The molecule has 2 saturated carbocycles. The predicted octanol–water partition coefficient (Wildman–Crippen LogP) is 6.94. The van der Waals surface area contributed by atoms with Gasteiger partial charge < -0.3 is 0 Å². The zero-order valence-electron chi connectivity index (χ0n) is 19.9. The maximum atomic E-state index is 12.0. The van der Waals surface area contributed by atoms with Crippen LogP contribution in [0.4, 0.5) is 0 Å². The van der Waals surface area contributed by atoms with Crippen molar-refractivity contribution in [1.82, 2.24) is 0 Å². The Morgan fingerprint density at radius 1 is 1.10 bits per heavy atom. The Hall–Kier alpha value is -1.18. The van der Waals surface area contributed by atoms with Gasteiger partial charge in [0.15, 0.2) is 5.78 Å². The molecule has 4 aliphatic carbocycles. The van der Waals surface area contributed by atoms with Gasteiger partial charge in [-0.15, -0.1) is 0 Å². The largest absolute Gasteiger partial charge is 0.300 e. The number of carbonyl (C=O) groups excluding carboxylic acids is 2. The van der Waals surface area contributed by atoms with E-state index in [-0.39, 0.29) is 11.3 Å². The van der Waals surface area contributed by atoms with Crippen molar-refractivity contribution >= 4 is 11.6 Å². The number of carbonyl (C=O) groups is 2. The molecule has 2 nitrogen and oxygen atoms in total. The molecule has 4 rings (SSSR count). The van der Waals surface area contributed by atoms with Crippen LogP contribution in [0.1, 0.15) is 92.4 Å². The van der Waals surface area contributed by atoms with Crippen LogP contribution < -0.4 is 0 Å². The van der Waals surface area contributed by atoms with Crippen LogP contribution >= 0.6 is 0 Å². The SMILES string of the molecule is CC(=O)[C@@H](C)CCCC(C)[C@H]1CCC2C3C=CC4=CC(=O)CC[C@]4(C)C3CC[C@@]21C. The van der Waals surface area contributed by atoms with Crippen molar-refractivity contribution in [1.29, 1.82) is 0 Å². The van der Waals surface area contributed by atoms with Gasteiger partial charge in [0.1, 0.15) is 5.78 Å². The molecular weight excluding hydrogens is 368 g/mol. The highest BCUT2D eigenvalue weighted by Gasteiger charge is 2.58. The molecule has 0 aromatic heterocycles. The number of hydrogen-bond acceptors (Lipinski definition) is 2. The summed E-state index contributed by atoms with van der Waals surface area (Å²) < 4.78 is 0. The van der Waals surface area contributed by atoms with Crippen molar-refractivity contribution in [3.8, 4) is 0 Å². The van der Waals surface area contributed by atoms with Crippen molar-refractivity contribution in [2.24, 2.45) is 46.3 Å². The fraction of sp³-hybridized carbons (Fsp3) is 0.786. The van der Waals surface area contributed by atoms with Gasteiger partial charge >= 0.3 is 0 Å².